The fourth-order valence-corrected chi connectivity index (χ4v) is 6.41. The summed E-state index contributed by atoms with van der Waals surface area (Å²) < 4.78 is 11.4. The number of hydrogen-bond acceptors (Lipinski definition) is 7. The summed E-state index contributed by atoms with van der Waals surface area (Å²) in [5.74, 6) is -2.17. The lowest BCUT2D eigenvalue weighted by Crippen LogP contribution is -2.51. The number of rotatable bonds is 9. The van der Waals surface area contributed by atoms with Gasteiger partial charge in [-0.25, -0.2) is 9.59 Å². The summed E-state index contributed by atoms with van der Waals surface area (Å²) in [6.45, 7) is 5.49. The molecule has 3 aromatic carbocycles. The van der Waals surface area contributed by atoms with Gasteiger partial charge in [0.2, 0.25) is 11.8 Å². The Labute approximate surface area is 293 Å². The molecule has 50 heavy (non-hydrogen) atoms. The Bertz CT molecular complexity index is 1640. The van der Waals surface area contributed by atoms with E-state index in [9.17, 15) is 24.3 Å². The van der Waals surface area contributed by atoms with Gasteiger partial charge in [0.05, 0.1) is 24.6 Å². The topological polar surface area (TPSA) is 143 Å². The minimum atomic E-state index is -1.03. The summed E-state index contributed by atoms with van der Waals surface area (Å²) >= 11 is 0. The number of aliphatic hydroxyl groups is 1. The maximum absolute atomic E-state index is 13.5. The molecule has 10 nitrogen and oxygen atoms in total. The summed E-state index contributed by atoms with van der Waals surface area (Å²) in [7, 11) is 0. The molecule has 0 aromatic heterocycles. The third-order valence-corrected chi connectivity index (χ3v) is 9.35. The number of allylic oxidation sites excluding steroid dienone is 1. The number of carbonyl (C=O) groups is 4. The SMILES string of the molecule is CC(C)(C)[C@H]1COC(=O)[C@H](NC(=O)OCC2c3ccccc3-c3ccccc32)C/C=C\C[C@@H](CC(=O)N[C@H](CO)Cc2ccccc2)C(=O)N1. The smallest absolute Gasteiger partial charge is 0.407 e. The van der Waals surface area contributed by atoms with Gasteiger partial charge in [-0.05, 0) is 52.5 Å². The lowest BCUT2D eigenvalue weighted by atomic mass is 9.86. The Morgan fingerprint density at radius 1 is 0.920 bits per heavy atom. The largest absolute Gasteiger partial charge is 0.462 e. The average molecular weight is 682 g/mol. The molecule has 1 aliphatic carbocycles. The lowest BCUT2D eigenvalue weighted by Gasteiger charge is -2.33. The van der Waals surface area contributed by atoms with Gasteiger partial charge in [-0.2, -0.15) is 0 Å². The molecular weight excluding hydrogens is 634 g/mol. The van der Waals surface area contributed by atoms with Crippen molar-refractivity contribution in [3.05, 3.63) is 108 Å². The fraction of sp³-hybridized carbons (Fsp3) is 0.400. The molecule has 3 amide bonds. The molecule has 4 atom stereocenters. The van der Waals surface area contributed by atoms with Crippen molar-refractivity contribution in [3.8, 4) is 11.1 Å². The molecular formula is C40H47N3O7. The summed E-state index contributed by atoms with van der Waals surface area (Å²) in [6, 6.07) is 23.5. The zero-order valence-electron chi connectivity index (χ0n) is 28.9. The molecule has 0 radical (unpaired) electrons. The lowest BCUT2D eigenvalue weighted by molar-refractivity contribution is -0.148. The van der Waals surface area contributed by atoms with Gasteiger partial charge in [0.15, 0.2) is 0 Å². The minimum Gasteiger partial charge on any atom is -0.462 e. The minimum absolute atomic E-state index is 0.0977. The number of fused-ring (bicyclic) bond motifs is 3. The van der Waals surface area contributed by atoms with Crippen molar-refractivity contribution in [1.29, 1.82) is 0 Å². The summed E-state index contributed by atoms with van der Waals surface area (Å²) in [5.41, 5.74) is 4.87. The molecule has 10 heteroatoms. The Balaban J connectivity index is 1.24. The quantitative estimate of drug-likeness (QED) is 0.183. The van der Waals surface area contributed by atoms with Gasteiger partial charge in [-0.15, -0.1) is 0 Å². The standard InChI is InChI=1S/C40H47N3O7/c1-40(2,3)35-25-49-38(47)34(42-39(48)50-24-33-31-18-10-8-16-29(31)30-17-9-11-19-32(30)33)20-12-7-15-27(37(46)43-35)22-36(45)41-28(23-44)21-26-13-5-4-6-14-26/h4-14,16-19,27-28,33-35,44H,15,20-25H2,1-3H3,(H,41,45)(H,42,48)(H,43,46)/b12-7-/t27-,28-,34+,35+/m0/s1. The van der Waals surface area contributed by atoms with Crippen molar-refractivity contribution in [2.24, 2.45) is 11.3 Å². The summed E-state index contributed by atoms with van der Waals surface area (Å²) in [6.07, 6.45) is 3.38. The molecule has 4 N–H and O–H groups in total. The van der Waals surface area contributed by atoms with E-state index in [-0.39, 0.29) is 56.8 Å². The van der Waals surface area contributed by atoms with E-state index < -0.39 is 41.5 Å². The maximum atomic E-state index is 13.5. The van der Waals surface area contributed by atoms with Crippen LogP contribution in [0, 0.1) is 11.3 Å². The highest BCUT2D eigenvalue weighted by molar-refractivity contribution is 5.86. The molecule has 264 valence electrons. The second kappa shape index (κ2) is 16.6. The van der Waals surface area contributed by atoms with E-state index in [1.54, 1.807) is 12.2 Å². The fourth-order valence-electron chi connectivity index (χ4n) is 6.41. The second-order valence-corrected chi connectivity index (χ2v) is 14.1. The molecule has 0 fully saturated rings. The number of hydrogen-bond donors (Lipinski definition) is 4. The highest BCUT2D eigenvalue weighted by atomic mass is 16.6. The first-order chi connectivity index (χ1) is 24.0. The van der Waals surface area contributed by atoms with Crippen molar-refractivity contribution >= 4 is 23.9 Å². The number of nitrogens with one attached hydrogen (secondary N) is 3. The number of cyclic esters (lactones) is 1. The van der Waals surface area contributed by atoms with Crippen LogP contribution in [-0.4, -0.2) is 66.9 Å². The van der Waals surface area contributed by atoms with Crippen molar-refractivity contribution < 1.29 is 33.8 Å². The van der Waals surface area contributed by atoms with E-state index in [0.29, 0.717) is 6.42 Å². The Morgan fingerprint density at radius 2 is 1.54 bits per heavy atom. The number of benzene rings is 3. The molecule has 0 saturated carbocycles. The number of carbonyl (C=O) groups excluding carboxylic acids is 4. The molecule has 0 unspecified atom stereocenters. The van der Waals surface area contributed by atoms with Crippen LogP contribution in [0.4, 0.5) is 4.79 Å². The Morgan fingerprint density at radius 3 is 2.18 bits per heavy atom. The third-order valence-electron chi connectivity index (χ3n) is 9.35. The molecule has 1 aliphatic heterocycles. The van der Waals surface area contributed by atoms with Gasteiger partial charge in [0.1, 0.15) is 19.3 Å². The number of ether oxygens (including phenoxy) is 2. The Hall–Kier alpha value is -4.96. The van der Waals surface area contributed by atoms with Crippen LogP contribution < -0.4 is 16.0 Å². The van der Waals surface area contributed by atoms with Crippen LogP contribution in [0.25, 0.3) is 11.1 Å². The molecule has 0 spiro atoms. The third kappa shape index (κ3) is 9.38. The van der Waals surface area contributed by atoms with E-state index in [4.69, 9.17) is 9.47 Å². The van der Waals surface area contributed by atoms with Crippen LogP contribution in [0.2, 0.25) is 0 Å². The molecule has 3 aromatic rings. The van der Waals surface area contributed by atoms with Gasteiger partial charge in [-0.3, -0.25) is 9.59 Å². The van der Waals surface area contributed by atoms with E-state index in [0.717, 1.165) is 27.8 Å². The molecule has 5 rings (SSSR count). The van der Waals surface area contributed by atoms with Crippen LogP contribution in [0.3, 0.4) is 0 Å². The molecule has 2 aliphatic rings. The molecule has 0 bridgehead atoms. The maximum Gasteiger partial charge on any atom is 0.407 e. The zero-order valence-corrected chi connectivity index (χ0v) is 28.9. The van der Waals surface area contributed by atoms with Crippen molar-refractivity contribution in [3.63, 3.8) is 0 Å². The van der Waals surface area contributed by atoms with Crippen LogP contribution in [0.5, 0.6) is 0 Å². The van der Waals surface area contributed by atoms with Gasteiger partial charge in [-0.1, -0.05) is 112 Å². The van der Waals surface area contributed by atoms with Crippen molar-refractivity contribution in [2.45, 2.75) is 70.5 Å². The van der Waals surface area contributed by atoms with Crippen LogP contribution in [0.1, 0.15) is 62.6 Å². The summed E-state index contributed by atoms with van der Waals surface area (Å²) in [4.78, 5) is 53.0. The Kier molecular flexibility index (Phi) is 12.1. The normalized spacial score (nSPS) is 20.8. The first kappa shape index (κ1) is 36.3. The van der Waals surface area contributed by atoms with Crippen molar-refractivity contribution in [2.75, 3.05) is 19.8 Å². The average Bonchev–Trinajstić information content (AvgIpc) is 3.42. The second-order valence-electron chi connectivity index (χ2n) is 14.1. The van der Waals surface area contributed by atoms with Crippen LogP contribution in [-0.2, 0) is 30.3 Å². The number of esters is 1. The highest BCUT2D eigenvalue weighted by Crippen LogP contribution is 2.44. The number of alkyl carbamates (subject to hydrolysis) is 1. The van der Waals surface area contributed by atoms with Gasteiger partial charge in [0, 0.05) is 12.3 Å². The van der Waals surface area contributed by atoms with E-state index in [1.807, 2.05) is 87.5 Å². The molecule has 1 heterocycles. The van der Waals surface area contributed by atoms with Gasteiger partial charge < -0.3 is 30.5 Å². The zero-order chi connectivity index (χ0) is 35.7. The van der Waals surface area contributed by atoms with Crippen LogP contribution >= 0.6 is 0 Å². The predicted molar refractivity (Wildman–Crippen MR) is 190 cm³/mol. The number of amides is 3. The predicted octanol–water partition coefficient (Wildman–Crippen LogP) is 5.04. The van der Waals surface area contributed by atoms with Crippen LogP contribution in [0.15, 0.2) is 91.0 Å². The first-order valence-electron chi connectivity index (χ1n) is 17.2. The van der Waals surface area contributed by atoms with Crippen molar-refractivity contribution in [1.82, 2.24) is 16.0 Å². The van der Waals surface area contributed by atoms with E-state index >= 15 is 0 Å². The monoisotopic (exact) mass is 681 g/mol. The van der Waals surface area contributed by atoms with Gasteiger partial charge >= 0.3 is 12.1 Å². The highest BCUT2D eigenvalue weighted by Gasteiger charge is 2.34. The van der Waals surface area contributed by atoms with E-state index in [1.165, 1.54) is 0 Å². The first-order valence-corrected chi connectivity index (χ1v) is 17.2. The molecule has 0 saturated heterocycles. The van der Waals surface area contributed by atoms with Gasteiger partial charge in [0.25, 0.3) is 0 Å². The number of aliphatic hydroxyl groups excluding tert-OH is 1. The van der Waals surface area contributed by atoms with E-state index in [2.05, 4.69) is 28.1 Å². The summed E-state index contributed by atoms with van der Waals surface area (Å²) in [5, 5.41) is 18.5.